The van der Waals surface area contributed by atoms with Crippen LogP contribution in [0.15, 0.2) is 67.3 Å². The van der Waals surface area contributed by atoms with Gasteiger partial charge in [-0.25, -0.2) is 14.6 Å². The van der Waals surface area contributed by atoms with Crippen LogP contribution in [0.4, 0.5) is 26.7 Å². The van der Waals surface area contributed by atoms with Crippen molar-refractivity contribution in [3.8, 4) is 0 Å². The second kappa shape index (κ2) is 9.93. The summed E-state index contributed by atoms with van der Waals surface area (Å²) in [4.78, 5) is 28.3. The van der Waals surface area contributed by atoms with Crippen molar-refractivity contribution in [3.63, 3.8) is 0 Å². The van der Waals surface area contributed by atoms with Crippen LogP contribution in [0.2, 0.25) is 0 Å². The zero-order valence-electron chi connectivity index (χ0n) is 16.2. The highest BCUT2D eigenvalue weighted by Crippen LogP contribution is 2.20. The summed E-state index contributed by atoms with van der Waals surface area (Å²) in [6, 6.07) is 13.9. The molecule has 0 aliphatic rings. The predicted octanol–water partition coefficient (Wildman–Crippen LogP) is 4.05. The number of carbonyl (C=O) groups is 2. The molecule has 0 radical (unpaired) electrons. The largest absolute Gasteiger partial charge is 0.338 e. The maximum absolute atomic E-state index is 12.2. The van der Waals surface area contributed by atoms with Crippen molar-refractivity contribution < 1.29 is 9.59 Å². The van der Waals surface area contributed by atoms with Crippen LogP contribution in [0.1, 0.15) is 12.0 Å². The molecular formula is C21H24N6O2. The third-order valence-electron chi connectivity index (χ3n) is 4.21. The normalized spacial score (nSPS) is 10.2. The summed E-state index contributed by atoms with van der Waals surface area (Å²) in [5, 5.41) is 11.2. The minimum atomic E-state index is -0.352. The quantitative estimate of drug-likeness (QED) is 0.456. The molecule has 0 bridgehead atoms. The zero-order chi connectivity index (χ0) is 20.5. The van der Waals surface area contributed by atoms with Gasteiger partial charge < -0.3 is 25.8 Å². The summed E-state index contributed by atoms with van der Waals surface area (Å²) >= 11 is 0. The number of anilines is 3. The molecule has 0 aliphatic heterocycles. The molecule has 0 saturated carbocycles. The summed E-state index contributed by atoms with van der Waals surface area (Å²) in [6.45, 7) is 3.22. The number of hydrogen-bond acceptors (Lipinski definition) is 3. The van der Waals surface area contributed by atoms with Crippen LogP contribution in [-0.4, -0.2) is 28.2 Å². The van der Waals surface area contributed by atoms with Gasteiger partial charge in [-0.2, -0.15) is 0 Å². The fraction of sp³-hybridized carbons (Fsp3) is 0.190. The van der Waals surface area contributed by atoms with E-state index in [0.29, 0.717) is 23.6 Å². The van der Waals surface area contributed by atoms with E-state index in [4.69, 9.17) is 0 Å². The Labute approximate surface area is 169 Å². The van der Waals surface area contributed by atoms with Crippen LogP contribution in [0.3, 0.4) is 0 Å². The highest BCUT2D eigenvalue weighted by atomic mass is 16.2. The van der Waals surface area contributed by atoms with E-state index in [1.54, 1.807) is 36.8 Å². The molecule has 3 rings (SSSR count). The number of urea groups is 2. The van der Waals surface area contributed by atoms with Crippen molar-refractivity contribution in [1.82, 2.24) is 14.9 Å². The van der Waals surface area contributed by atoms with Gasteiger partial charge in [-0.15, -0.1) is 0 Å². The van der Waals surface area contributed by atoms with Gasteiger partial charge in [-0.1, -0.05) is 24.3 Å². The number of aryl methyl sites for hydroxylation is 2. The first-order chi connectivity index (χ1) is 14.1. The Bertz CT molecular complexity index is 941. The summed E-state index contributed by atoms with van der Waals surface area (Å²) in [6.07, 6.45) is 6.15. The van der Waals surface area contributed by atoms with Crippen LogP contribution < -0.4 is 21.3 Å². The zero-order valence-corrected chi connectivity index (χ0v) is 16.2. The second-order valence-electron chi connectivity index (χ2n) is 6.51. The average molecular weight is 392 g/mol. The van der Waals surface area contributed by atoms with Crippen molar-refractivity contribution in [2.45, 2.75) is 19.9 Å². The summed E-state index contributed by atoms with van der Waals surface area (Å²) < 4.78 is 1.96. The van der Waals surface area contributed by atoms with Gasteiger partial charge in [-0.05, 0) is 43.2 Å². The van der Waals surface area contributed by atoms with Gasteiger partial charge in [0.2, 0.25) is 0 Å². The Hall–Kier alpha value is -3.81. The van der Waals surface area contributed by atoms with Crippen LogP contribution in [0.5, 0.6) is 0 Å². The summed E-state index contributed by atoms with van der Waals surface area (Å²) in [7, 11) is 0. The number of aromatic nitrogens is 2. The van der Waals surface area contributed by atoms with Crippen molar-refractivity contribution in [3.05, 3.63) is 72.8 Å². The van der Waals surface area contributed by atoms with E-state index in [2.05, 4.69) is 26.3 Å². The highest BCUT2D eigenvalue weighted by Gasteiger charge is 2.08. The number of carbonyl (C=O) groups excluding carboxylic acids is 2. The number of benzene rings is 2. The molecule has 0 fully saturated rings. The van der Waals surface area contributed by atoms with Gasteiger partial charge >= 0.3 is 12.1 Å². The monoisotopic (exact) mass is 392 g/mol. The Morgan fingerprint density at radius 3 is 2.52 bits per heavy atom. The number of amides is 4. The van der Waals surface area contributed by atoms with E-state index in [0.717, 1.165) is 18.5 Å². The van der Waals surface area contributed by atoms with Crippen molar-refractivity contribution in [1.29, 1.82) is 0 Å². The van der Waals surface area contributed by atoms with E-state index in [1.807, 2.05) is 42.0 Å². The number of para-hydroxylation sites is 1. The number of nitrogens with zero attached hydrogens (tertiary/aromatic N) is 2. The van der Waals surface area contributed by atoms with Gasteiger partial charge in [0.15, 0.2) is 0 Å². The van der Waals surface area contributed by atoms with Gasteiger partial charge in [0.25, 0.3) is 0 Å². The number of rotatable bonds is 7. The van der Waals surface area contributed by atoms with Crippen LogP contribution in [0, 0.1) is 6.92 Å². The topological polar surface area (TPSA) is 100 Å². The van der Waals surface area contributed by atoms with E-state index in [1.165, 1.54) is 0 Å². The van der Waals surface area contributed by atoms with E-state index < -0.39 is 0 Å². The number of hydrogen-bond donors (Lipinski definition) is 4. The average Bonchev–Trinajstić information content (AvgIpc) is 3.22. The molecular weight excluding hydrogens is 368 g/mol. The first-order valence-corrected chi connectivity index (χ1v) is 9.34. The third-order valence-corrected chi connectivity index (χ3v) is 4.21. The molecule has 0 atom stereocenters. The molecule has 29 heavy (non-hydrogen) atoms. The number of nitrogens with one attached hydrogen (secondary N) is 4. The Kier molecular flexibility index (Phi) is 6.83. The predicted molar refractivity (Wildman–Crippen MR) is 114 cm³/mol. The van der Waals surface area contributed by atoms with Crippen LogP contribution in [0.25, 0.3) is 0 Å². The van der Waals surface area contributed by atoms with Gasteiger partial charge in [0.05, 0.1) is 6.33 Å². The van der Waals surface area contributed by atoms with E-state index >= 15 is 0 Å². The maximum Gasteiger partial charge on any atom is 0.323 e. The molecule has 1 heterocycles. The Morgan fingerprint density at radius 2 is 1.76 bits per heavy atom. The van der Waals surface area contributed by atoms with Crippen LogP contribution in [-0.2, 0) is 6.54 Å². The molecule has 1 aromatic heterocycles. The lowest BCUT2D eigenvalue weighted by Crippen LogP contribution is -2.30. The fourth-order valence-corrected chi connectivity index (χ4v) is 2.70. The van der Waals surface area contributed by atoms with Gasteiger partial charge in [0, 0.05) is 42.5 Å². The van der Waals surface area contributed by atoms with Crippen molar-refractivity contribution in [2.24, 2.45) is 0 Å². The maximum atomic E-state index is 12.2. The molecule has 3 aromatic rings. The fourth-order valence-electron chi connectivity index (χ4n) is 2.70. The van der Waals surface area contributed by atoms with E-state index in [-0.39, 0.29) is 12.1 Å². The molecule has 4 amide bonds. The summed E-state index contributed by atoms with van der Waals surface area (Å²) in [5.41, 5.74) is 2.81. The standard InChI is InChI=1S/C21H24N6O2/c1-16-8-9-18(25-21(29)24-17-6-3-2-4-7-17)14-19(16)26-20(28)23-10-5-12-27-13-11-22-15-27/h2-4,6-9,11,13-15H,5,10,12H2,1H3,(H2,23,26,28)(H2,24,25,29). The molecule has 0 unspecified atom stereocenters. The SMILES string of the molecule is Cc1ccc(NC(=O)Nc2ccccc2)cc1NC(=O)NCCCn1ccnc1. The summed E-state index contributed by atoms with van der Waals surface area (Å²) in [5.74, 6) is 0. The van der Waals surface area contributed by atoms with Crippen LogP contribution >= 0.6 is 0 Å². The third kappa shape index (κ3) is 6.39. The lowest BCUT2D eigenvalue weighted by atomic mass is 10.2. The Balaban J connectivity index is 1.48. The smallest absolute Gasteiger partial charge is 0.323 e. The first kappa shape index (κ1) is 19.9. The molecule has 0 spiro atoms. The minimum Gasteiger partial charge on any atom is -0.338 e. The molecule has 0 saturated heterocycles. The molecule has 150 valence electrons. The van der Waals surface area contributed by atoms with Gasteiger partial charge in [-0.3, -0.25) is 0 Å². The Morgan fingerprint density at radius 1 is 0.966 bits per heavy atom. The second-order valence-corrected chi connectivity index (χ2v) is 6.51. The molecule has 8 nitrogen and oxygen atoms in total. The molecule has 0 aliphatic carbocycles. The minimum absolute atomic E-state index is 0.287. The lowest BCUT2D eigenvalue weighted by Gasteiger charge is -2.13. The highest BCUT2D eigenvalue weighted by molar-refractivity contribution is 6.00. The molecule has 2 aromatic carbocycles. The van der Waals surface area contributed by atoms with E-state index in [9.17, 15) is 9.59 Å². The van der Waals surface area contributed by atoms with Crippen molar-refractivity contribution >= 4 is 29.1 Å². The van der Waals surface area contributed by atoms with Gasteiger partial charge in [0.1, 0.15) is 0 Å². The van der Waals surface area contributed by atoms with Crippen molar-refractivity contribution in [2.75, 3.05) is 22.5 Å². The first-order valence-electron chi connectivity index (χ1n) is 9.34. The number of imidazole rings is 1. The molecule has 4 N–H and O–H groups in total. The lowest BCUT2D eigenvalue weighted by molar-refractivity contribution is 0.251. The molecule has 8 heteroatoms.